The number of nitrogens with zero attached hydrogens (tertiary/aromatic N) is 4. The fourth-order valence-corrected chi connectivity index (χ4v) is 8.52. The molecular formula is C51H72N4O12. The van der Waals surface area contributed by atoms with E-state index in [9.17, 15) is 38.4 Å². The van der Waals surface area contributed by atoms with Crippen molar-refractivity contribution in [2.75, 3.05) is 27.7 Å². The lowest BCUT2D eigenvalue weighted by atomic mass is 9.99. The van der Waals surface area contributed by atoms with Crippen LogP contribution in [0.15, 0.2) is 60.7 Å². The van der Waals surface area contributed by atoms with Gasteiger partial charge in [0.15, 0.2) is 24.4 Å². The van der Waals surface area contributed by atoms with Crippen molar-refractivity contribution in [3.8, 4) is 0 Å². The van der Waals surface area contributed by atoms with Crippen molar-refractivity contribution < 1.29 is 57.3 Å². The molecule has 16 heteroatoms. The van der Waals surface area contributed by atoms with E-state index in [1.807, 2.05) is 41.5 Å². The molecule has 2 saturated heterocycles. The number of cyclic esters (lactones) is 4. The Morgan fingerprint density at radius 1 is 0.478 bits per heavy atom. The Bertz CT molecular complexity index is 2030. The number of hydrogen-bond acceptors (Lipinski definition) is 12. The first-order valence-corrected chi connectivity index (χ1v) is 23.6. The standard InChI is InChI=1S/C51H72N4O12/c1-31(2)26-39-49(61)65-35(8)45(57)53(10)41(28-33(5)6)51(63)67-43(30-37-22-16-13-17-23-37)47(59)55-25-19-18-24-38(55)48(60)64-34(7)44(56)52(9)40(27-32(3)4)50(62)66-42(46(58)54(39)11)29-36-20-14-12-15-21-36/h12-17,20-23,31-35,38-43H,18-19,24-30H2,1-11H3/t34-,35+,38+,39-,40-,41-,42+,43+/m0/s1. The van der Waals surface area contributed by atoms with Crippen LogP contribution in [0.1, 0.15) is 105 Å². The summed E-state index contributed by atoms with van der Waals surface area (Å²) in [6.45, 7) is 14.0. The molecule has 2 aromatic rings. The lowest BCUT2D eigenvalue weighted by Crippen LogP contribution is -2.56. The second kappa shape index (κ2) is 24.8. The molecule has 368 valence electrons. The molecule has 2 aromatic carbocycles. The number of benzene rings is 2. The SMILES string of the molecule is CC(C)C[C@H]1C(=O)O[C@H](Cc2ccccc2)C(=O)N(C)[C@@H](CC(C)C)C(=O)O[C@H](C)C(=O)N(C)[C@@H](CC(C)C)C(=O)O[C@H](Cc2ccccc2)C(=O)N2CCCC[C@@H]2C(=O)O[C@@H](C)C(=O)N1C. The van der Waals surface area contributed by atoms with Crippen molar-refractivity contribution in [1.29, 1.82) is 0 Å². The van der Waals surface area contributed by atoms with Crippen molar-refractivity contribution in [2.45, 2.75) is 155 Å². The van der Waals surface area contributed by atoms with Crippen molar-refractivity contribution in [1.82, 2.24) is 19.6 Å². The maximum atomic E-state index is 14.7. The molecule has 0 unspecified atom stereocenters. The van der Waals surface area contributed by atoms with Gasteiger partial charge in [-0.1, -0.05) is 102 Å². The van der Waals surface area contributed by atoms with Crippen LogP contribution >= 0.6 is 0 Å². The Labute approximate surface area is 395 Å². The van der Waals surface area contributed by atoms with Gasteiger partial charge in [-0.25, -0.2) is 19.2 Å². The number of rotatable bonds is 10. The van der Waals surface area contributed by atoms with E-state index >= 15 is 0 Å². The zero-order valence-corrected chi connectivity index (χ0v) is 41.2. The van der Waals surface area contributed by atoms with E-state index in [0.717, 1.165) is 14.7 Å². The molecule has 4 rings (SSSR count). The molecule has 0 bridgehead atoms. The highest BCUT2D eigenvalue weighted by molar-refractivity contribution is 5.94. The smallest absolute Gasteiger partial charge is 0.329 e. The molecule has 0 radical (unpaired) electrons. The van der Waals surface area contributed by atoms with Gasteiger partial charge >= 0.3 is 23.9 Å². The summed E-state index contributed by atoms with van der Waals surface area (Å²) in [4.78, 5) is 119. The highest BCUT2D eigenvalue weighted by Gasteiger charge is 2.43. The van der Waals surface area contributed by atoms with Gasteiger partial charge in [-0.2, -0.15) is 0 Å². The third-order valence-electron chi connectivity index (χ3n) is 12.3. The second-order valence-corrected chi connectivity index (χ2v) is 19.2. The molecule has 16 nitrogen and oxygen atoms in total. The predicted octanol–water partition coefficient (Wildman–Crippen LogP) is 5.17. The summed E-state index contributed by atoms with van der Waals surface area (Å²) in [6.07, 6.45) is -4.17. The Morgan fingerprint density at radius 2 is 0.836 bits per heavy atom. The first kappa shape index (κ1) is 53.8. The minimum absolute atomic E-state index is 0.0491. The number of amides is 4. The van der Waals surface area contributed by atoms with E-state index in [-0.39, 0.29) is 62.8 Å². The highest BCUT2D eigenvalue weighted by Crippen LogP contribution is 2.26. The van der Waals surface area contributed by atoms with Gasteiger partial charge in [0.1, 0.15) is 24.2 Å². The molecule has 4 amide bonds. The van der Waals surface area contributed by atoms with Crippen LogP contribution < -0.4 is 0 Å². The van der Waals surface area contributed by atoms with Gasteiger partial charge in [0, 0.05) is 40.5 Å². The summed E-state index contributed by atoms with van der Waals surface area (Å²) in [5, 5.41) is 0. The van der Waals surface area contributed by atoms with Gasteiger partial charge < -0.3 is 38.5 Å². The molecule has 2 heterocycles. The molecular weight excluding hydrogens is 861 g/mol. The fourth-order valence-electron chi connectivity index (χ4n) is 8.52. The lowest BCUT2D eigenvalue weighted by molar-refractivity contribution is -0.177. The van der Waals surface area contributed by atoms with Gasteiger partial charge in [0.2, 0.25) is 0 Å². The molecule has 0 saturated carbocycles. The molecule has 0 aliphatic carbocycles. The Hall–Kier alpha value is -5.80. The van der Waals surface area contributed by atoms with Crippen LogP contribution in [-0.2, 0) is 70.1 Å². The van der Waals surface area contributed by atoms with Gasteiger partial charge in [0.05, 0.1) is 0 Å². The zero-order chi connectivity index (χ0) is 49.7. The topological polar surface area (TPSA) is 186 Å². The van der Waals surface area contributed by atoms with E-state index in [1.54, 1.807) is 60.7 Å². The molecule has 0 aromatic heterocycles. The average Bonchev–Trinajstić information content (AvgIpc) is 3.29. The van der Waals surface area contributed by atoms with Gasteiger partial charge in [-0.05, 0) is 81.3 Å². The van der Waals surface area contributed by atoms with Crippen LogP contribution in [-0.4, -0.2) is 143 Å². The maximum Gasteiger partial charge on any atom is 0.329 e. The number of likely N-dealkylation sites (N-methyl/N-ethyl adjacent to an activating group) is 3. The first-order valence-electron chi connectivity index (χ1n) is 23.6. The molecule has 0 N–H and O–H groups in total. The zero-order valence-electron chi connectivity index (χ0n) is 41.2. The summed E-state index contributed by atoms with van der Waals surface area (Å²) in [5.74, 6) is -6.74. The number of carbonyl (C=O) groups is 8. The Kier molecular flexibility index (Phi) is 19.9. The van der Waals surface area contributed by atoms with Crippen LogP contribution in [0.25, 0.3) is 0 Å². The predicted molar refractivity (Wildman–Crippen MR) is 249 cm³/mol. The minimum Gasteiger partial charge on any atom is -0.451 e. The Morgan fingerprint density at radius 3 is 1.24 bits per heavy atom. The van der Waals surface area contributed by atoms with Crippen molar-refractivity contribution >= 4 is 47.5 Å². The van der Waals surface area contributed by atoms with E-state index in [1.165, 1.54) is 39.9 Å². The molecule has 2 aliphatic rings. The number of piperidine rings is 1. The average molecular weight is 933 g/mol. The Balaban J connectivity index is 1.84. The number of ether oxygens (including phenoxy) is 4. The fraction of sp³-hybridized carbons (Fsp3) is 0.608. The van der Waals surface area contributed by atoms with E-state index in [0.29, 0.717) is 24.0 Å². The maximum absolute atomic E-state index is 14.7. The van der Waals surface area contributed by atoms with E-state index < -0.39 is 96.1 Å². The molecule has 2 fully saturated rings. The highest BCUT2D eigenvalue weighted by atomic mass is 16.6. The second-order valence-electron chi connectivity index (χ2n) is 19.2. The summed E-state index contributed by atoms with van der Waals surface area (Å²) < 4.78 is 23.8. The summed E-state index contributed by atoms with van der Waals surface area (Å²) in [5.41, 5.74) is 1.33. The number of fused-ring (bicyclic) bond motifs is 1. The van der Waals surface area contributed by atoms with Crippen LogP contribution in [0.5, 0.6) is 0 Å². The molecule has 8 atom stereocenters. The third-order valence-corrected chi connectivity index (χ3v) is 12.3. The largest absolute Gasteiger partial charge is 0.451 e. The third kappa shape index (κ3) is 14.8. The molecule has 67 heavy (non-hydrogen) atoms. The van der Waals surface area contributed by atoms with Crippen LogP contribution in [0.4, 0.5) is 0 Å². The lowest BCUT2D eigenvalue weighted by Gasteiger charge is -2.37. The van der Waals surface area contributed by atoms with Crippen LogP contribution in [0, 0.1) is 17.8 Å². The van der Waals surface area contributed by atoms with Gasteiger partial charge in [-0.15, -0.1) is 0 Å². The van der Waals surface area contributed by atoms with Gasteiger partial charge in [0.25, 0.3) is 23.6 Å². The quantitative estimate of drug-likeness (QED) is 0.225. The number of hydrogen-bond donors (Lipinski definition) is 0. The van der Waals surface area contributed by atoms with Crippen molar-refractivity contribution in [3.05, 3.63) is 71.8 Å². The minimum atomic E-state index is -1.46. The van der Waals surface area contributed by atoms with Crippen LogP contribution in [0.3, 0.4) is 0 Å². The summed E-state index contributed by atoms with van der Waals surface area (Å²) in [6, 6.07) is 13.0. The van der Waals surface area contributed by atoms with Gasteiger partial charge in [-0.3, -0.25) is 19.2 Å². The first-order chi connectivity index (χ1) is 31.6. The molecule has 2 aliphatic heterocycles. The number of carbonyl (C=O) groups excluding carboxylic acids is 8. The summed E-state index contributed by atoms with van der Waals surface area (Å²) in [7, 11) is 4.19. The van der Waals surface area contributed by atoms with E-state index in [4.69, 9.17) is 18.9 Å². The monoisotopic (exact) mass is 933 g/mol. The van der Waals surface area contributed by atoms with E-state index in [2.05, 4.69) is 0 Å². The number of esters is 4. The molecule has 0 spiro atoms. The van der Waals surface area contributed by atoms with Crippen LogP contribution in [0.2, 0.25) is 0 Å². The summed E-state index contributed by atoms with van der Waals surface area (Å²) >= 11 is 0. The normalized spacial score (nSPS) is 26.3. The van der Waals surface area contributed by atoms with Crippen molar-refractivity contribution in [2.24, 2.45) is 17.8 Å². The van der Waals surface area contributed by atoms with Crippen molar-refractivity contribution in [3.63, 3.8) is 0 Å².